The molecule has 5 aromatic carbocycles. The van der Waals surface area contributed by atoms with Gasteiger partial charge in [-0.1, -0.05) is 146 Å². The van der Waals surface area contributed by atoms with Crippen molar-refractivity contribution < 1.29 is 14.2 Å². The van der Waals surface area contributed by atoms with Crippen LogP contribution < -0.4 is 4.74 Å². The van der Waals surface area contributed by atoms with Gasteiger partial charge in [-0.2, -0.15) is 0 Å². The van der Waals surface area contributed by atoms with E-state index in [0.717, 1.165) is 70.6 Å². The maximum absolute atomic E-state index is 7.75. The first-order chi connectivity index (χ1) is 27.6. The van der Waals surface area contributed by atoms with E-state index in [1.165, 1.54) is 16.7 Å². The second kappa shape index (κ2) is 15.4. The minimum absolute atomic E-state index is 0.0675. The fourth-order valence-corrected chi connectivity index (χ4v) is 8.47. The summed E-state index contributed by atoms with van der Waals surface area (Å²) in [6, 6.07) is 50.0. The van der Waals surface area contributed by atoms with Gasteiger partial charge in [0.05, 0.1) is 20.3 Å². The van der Waals surface area contributed by atoms with Gasteiger partial charge < -0.3 is 14.2 Å². The largest absolute Gasteiger partial charge is 0.501 e. The third-order valence-corrected chi connectivity index (χ3v) is 11.3. The molecule has 56 heavy (non-hydrogen) atoms. The van der Waals surface area contributed by atoms with Crippen molar-refractivity contribution >= 4 is 12.2 Å². The molecule has 3 atom stereocenters. The van der Waals surface area contributed by atoms with E-state index in [1.54, 1.807) is 14.2 Å². The molecular formula is C50H43N3O3. The van der Waals surface area contributed by atoms with E-state index in [4.69, 9.17) is 29.2 Å². The second-order valence-corrected chi connectivity index (χ2v) is 14.5. The lowest BCUT2D eigenvalue weighted by atomic mass is 9.71. The molecule has 6 heteroatoms. The summed E-state index contributed by atoms with van der Waals surface area (Å²) in [7, 11) is 3.49. The molecule has 0 spiro atoms. The van der Waals surface area contributed by atoms with Crippen LogP contribution in [-0.4, -0.2) is 29.2 Å². The Hall–Kier alpha value is -6.37. The zero-order valence-electron chi connectivity index (χ0n) is 31.6. The molecule has 2 aliphatic carbocycles. The molecule has 0 saturated carbocycles. The lowest BCUT2D eigenvalue weighted by molar-refractivity contribution is -0.140. The molecule has 3 aliphatic rings. The molecule has 1 aliphatic heterocycles. The van der Waals surface area contributed by atoms with E-state index in [2.05, 4.69) is 91.0 Å². The Labute approximate surface area is 328 Å². The number of hydrogen-bond acceptors (Lipinski definition) is 6. The fraction of sp³-hybridized carbons (Fsp3) is 0.180. The number of methoxy groups -OCH3 is 2. The normalized spacial score (nSPS) is 19.4. The molecular weight excluding hydrogens is 691 g/mol. The summed E-state index contributed by atoms with van der Waals surface area (Å²) >= 11 is 0. The molecule has 0 amide bonds. The highest BCUT2D eigenvalue weighted by Crippen LogP contribution is 2.55. The van der Waals surface area contributed by atoms with Crippen molar-refractivity contribution in [1.82, 2.24) is 15.0 Å². The predicted molar refractivity (Wildman–Crippen MR) is 223 cm³/mol. The van der Waals surface area contributed by atoms with E-state index in [1.807, 2.05) is 72.8 Å². The number of hydrogen-bond donors (Lipinski definition) is 0. The highest BCUT2D eigenvalue weighted by atomic mass is 16.5. The highest BCUT2D eigenvalue weighted by Gasteiger charge is 2.48. The standard InChI is InChI=1S/C50H43N3O3/c1-54-41-29-27-40(28-30-41)50(32-31-43-44(55-2)33-38-21-8-4-3-7-15-34-16-13-14-22-42(34)45(38)46(43)56-50)39-25-23-37(24-26-39)49-52-47(35-17-9-5-10-18-35)51-48(53-49)36-19-11-6-12-20-36/h3-13,15-21,23-30,33,43,46H,14,22,31-32H2,1-2H3. The van der Waals surface area contributed by atoms with Crippen molar-refractivity contribution in [2.75, 3.05) is 14.2 Å². The summed E-state index contributed by atoms with van der Waals surface area (Å²) in [5, 5.41) is 0. The number of ether oxygens (including phenoxy) is 3. The van der Waals surface area contributed by atoms with Gasteiger partial charge in [0.2, 0.25) is 0 Å². The lowest BCUT2D eigenvalue weighted by Crippen LogP contribution is -2.42. The van der Waals surface area contributed by atoms with Crippen molar-refractivity contribution in [2.24, 2.45) is 5.92 Å². The third-order valence-electron chi connectivity index (χ3n) is 11.3. The van der Waals surface area contributed by atoms with Gasteiger partial charge in [0.15, 0.2) is 17.5 Å². The summed E-state index contributed by atoms with van der Waals surface area (Å²) in [6.07, 6.45) is 10.1. The number of rotatable bonds is 7. The number of aromatic nitrogens is 3. The van der Waals surface area contributed by atoms with E-state index < -0.39 is 5.60 Å². The van der Waals surface area contributed by atoms with Crippen LogP contribution in [0.5, 0.6) is 5.75 Å². The Kier molecular flexibility index (Phi) is 9.72. The summed E-state index contributed by atoms with van der Waals surface area (Å²) in [4.78, 5) is 14.9. The SMILES string of the molecule is COC1=Cc2ccccccc3c(c2C2OC(c4ccc(OC)cc4)(c4ccc(-c5nc(-c6ccccc6)nc(-c6ccccc6)n5)cc4)CCC12)CCC=C3. The van der Waals surface area contributed by atoms with E-state index in [0.29, 0.717) is 17.5 Å². The Balaban J connectivity index is 1.19. The molecule has 0 radical (unpaired) electrons. The molecule has 1 fully saturated rings. The van der Waals surface area contributed by atoms with Crippen LogP contribution in [0.25, 0.3) is 46.3 Å². The van der Waals surface area contributed by atoms with E-state index in [-0.39, 0.29) is 12.0 Å². The Morgan fingerprint density at radius 3 is 1.71 bits per heavy atom. The van der Waals surface area contributed by atoms with Gasteiger partial charge >= 0.3 is 0 Å². The molecule has 2 heterocycles. The predicted octanol–water partition coefficient (Wildman–Crippen LogP) is 11.4. The third kappa shape index (κ3) is 6.67. The summed E-state index contributed by atoms with van der Waals surface area (Å²) < 4.78 is 19.5. The van der Waals surface area contributed by atoms with Crippen LogP contribution in [-0.2, 0) is 21.5 Å². The van der Waals surface area contributed by atoms with Crippen molar-refractivity contribution in [3.05, 3.63) is 191 Å². The maximum Gasteiger partial charge on any atom is 0.164 e. The van der Waals surface area contributed by atoms with Crippen LogP contribution >= 0.6 is 0 Å². The molecule has 3 unspecified atom stereocenters. The topological polar surface area (TPSA) is 66.4 Å². The minimum Gasteiger partial charge on any atom is -0.501 e. The molecule has 276 valence electrons. The molecule has 6 nitrogen and oxygen atoms in total. The molecule has 9 rings (SSSR count). The number of nitrogens with zero attached hydrogens (tertiary/aromatic N) is 3. The fourth-order valence-electron chi connectivity index (χ4n) is 8.47. The van der Waals surface area contributed by atoms with E-state index in [9.17, 15) is 0 Å². The Morgan fingerprint density at radius 2 is 1.12 bits per heavy atom. The van der Waals surface area contributed by atoms with E-state index >= 15 is 0 Å². The van der Waals surface area contributed by atoms with Gasteiger partial charge in [0.25, 0.3) is 0 Å². The Morgan fingerprint density at radius 1 is 0.589 bits per heavy atom. The second-order valence-electron chi connectivity index (χ2n) is 14.5. The van der Waals surface area contributed by atoms with Crippen molar-refractivity contribution in [1.29, 1.82) is 0 Å². The molecule has 0 N–H and O–H groups in total. The molecule has 1 saturated heterocycles. The number of allylic oxidation sites excluding steroid dienone is 1. The van der Waals surface area contributed by atoms with Gasteiger partial charge in [0, 0.05) is 22.6 Å². The molecule has 0 bridgehead atoms. The van der Waals surface area contributed by atoms with Crippen LogP contribution in [0.15, 0.2) is 157 Å². The Bertz CT molecular complexity index is 2420. The monoisotopic (exact) mass is 733 g/mol. The van der Waals surface area contributed by atoms with Gasteiger partial charge in [-0.25, -0.2) is 15.0 Å². The van der Waals surface area contributed by atoms with Crippen molar-refractivity contribution in [2.45, 2.75) is 37.4 Å². The van der Waals surface area contributed by atoms with Crippen LogP contribution in [0.2, 0.25) is 0 Å². The summed E-state index contributed by atoms with van der Waals surface area (Å²) in [5.41, 5.74) is 9.10. The maximum atomic E-state index is 7.75. The number of benzene rings is 4. The first kappa shape index (κ1) is 35.3. The smallest absolute Gasteiger partial charge is 0.164 e. The molecule has 6 aromatic rings. The lowest BCUT2D eigenvalue weighted by Gasteiger charge is -2.48. The molecule has 1 aromatic heterocycles. The average Bonchev–Trinajstić information content (AvgIpc) is 3.27. The highest BCUT2D eigenvalue weighted by molar-refractivity contribution is 5.68. The van der Waals surface area contributed by atoms with Gasteiger partial charge in [-0.3, -0.25) is 0 Å². The number of fused-ring (bicyclic) bond motifs is 5. The van der Waals surface area contributed by atoms with Crippen LogP contribution in [0.1, 0.15) is 58.7 Å². The van der Waals surface area contributed by atoms with Gasteiger partial charge in [-0.05, 0) is 77.3 Å². The van der Waals surface area contributed by atoms with Crippen molar-refractivity contribution in [3.8, 4) is 39.9 Å². The first-order valence-corrected chi connectivity index (χ1v) is 19.3. The average molecular weight is 734 g/mol. The quantitative estimate of drug-likeness (QED) is 0.163. The summed E-state index contributed by atoms with van der Waals surface area (Å²) in [6.45, 7) is 0. The first-order valence-electron chi connectivity index (χ1n) is 19.3. The van der Waals surface area contributed by atoms with Crippen molar-refractivity contribution in [3.63, 3.8) is 0 Å². The minimum atomic E-state index is -0.760. The zero-order chi connectivity index (χ0) is 37.9. The summed E-state index contributed by atoms with van der Waals surface area (Å²) in [5.74, 6) is 3.71. The van der Waals surface area contributed by atoms with Crippen LogP contribution in [0.4, 0.5) is 0 Å². The zero-order valence-corrected chi connectivity index (χ0v) is 31.6. The van der Waals surface area contributed by atoms with Crippen LogP contribution in [0, 0.1) is 5.92 Å². The van der Waals surface area contributed by atoms with Gasteiger partial charge in [0.1, 0.15) is 17.1 Å². The van der Waals surface area contributed by atoms with Gasteiger partial charge in [-0.15, -0.1) is 0 Å². The van der Waals surface area contributed by atoms with Crippen LogP contribution in [0.3, 0.4) is 0 Å².